The predicted molar refractivity (Wildman–Crippen MR) is 80.4 cm³/mol. The highest BCUT2D eigenvalue weighted by atomic mass is 32.1. The smallest absolute Gasteiger partial charge is 0.125 e. The zero-order valence-electron chi connectivity index (χ0n) is 11.0. The van der Waals surface area contributed by atoms with Crippen LogP contribution in [0.4, 0.5) is 0 Å². The largest absolute Gasteiger partial charge is 0.488 e. The third-order valence-electron chi connectivity index (χ3n) is 2.88. The fourth-order valence-electron chi connectivity index (χ4n) is 1.95. The number of benzene rings is 1. The molecule has 0 radical (unpaired) electrons. The molecule has 0 bridgehead atoms. The lowest BCUT2D eigenvalue weighted by atomic mass is 10.1. The van der Waals surface area contributed by atoms with Crippen molar-refractivity contribution in [3.8, 4) is 5.75 Å². The van der Waals surface area contributed by atoms with Crippen molar-refractivity contribution in [3.05, 3.63) is 58.9 Å². The molecule has 98 valence electrons. The number of hydrogen-bond acceptors (Lipinski definition) is 3. The van der Waals surface area contributed by atoms with Gasteiger partial charge >= 0.3 is 0 Å². The number of thiocarbonyl (C=S) groups is 1. The first-order valence-corrected chi connectivity index (χ1v) is 6.41. The van der Waals surface area contributed by atoms with Gasteiger partial charge in [0.2, 0.25) is 0 Å². The second-order valence-electron chi connectivity index (χ2n) is 4.45. The normalized spacial score (nSPS) is 10.2. The molecule has 1 aromatic heterocycles. The molecule has 0 aliphatic carbocycles. The Morgan fingerprint density at radius 3 is 2.32 bits per heavy atom. The summed E-state index contributed by atoms with van der Waals surface area (Å²) in [5.74, 6) is 0.886. The lowest BCUT2D eigenvalue weighted by Crippen LogP contribution is -2.10. The lowest BCUT2D eigenvalue weighted by Gasteiger charge is -2.13. The Kier molecular flexibility index (Phi) is 4.12. The van der Waals surface area contributed by atoms with Crippen molar-refractivity contribution < 1.29 is 4.74 Å². The van der Waals surface area contributed by atoms with Gasteiger partial charge in [0.15, 0.2) is 0 Å². The van der Waals surface area contributed by atoms with Crippen LogP contribution in [0.15, 0.2) is 36.7 Å². The van der Waals surface area contributed by atoms with Crippen molar-refractivity contribution in [2.24, 2.45) is 5.73 Å². The van der Waals surface area contributed by atoms with Gasteiger partial charge in [0.05, 0.1) is 0 Å². The van der Waals surface area contributed by atoms with Crippen molar-refractivity contribution in [3.63, 3.8) is 0 Å². The highest BCUT2D eigenvalue weighted by Gasteiger charge is 2.08. The number of nitrogens with two attached hydrogens (primary N) is 1. The van der Waals surface area contributed by atoms with E-state index in [1.807, 2.05) is 38.1 Å². The van der Waals surface area contributed by atoms with E-state index in [4.69, 9.17) is 22.7 Å². The van der Waals surface area contributed by atoms with Crippen molar-refractivity contribution in [2.45, 2.75) is 20.5 Å². The monoisotopic (exact) mass is 272 g/mol. The summed E-state index contributed by atoms with van der Waals surface area (Å²) in [6.07, 6.45) is 3.52. The van der Waals surface area contributed by atoms with Crippen LogP contribution in [0.5, 0.6) is 5.75 Å². The predicted octanol–water partition coefficient (Wildman–Crippen LogP) is 2.91. The summed E-state index contributed by atoms with van der Waals surface area (Å²) < 4.78 is 5.88. The summed E-state index contributed by atoms with van der Waals surface area (Å²) in [4.78, 5) is 4.39. The quantitative estimate of drug-likeness (QED) is 0.869. The fraction of sp³-hybridized carbons (Fsp3) is 0.200. The second-order valence-corrected chi connectivity index (χ2v) is 4.89. The summed E-state index contributed by atoms with van der Waals surface area (Å²) in [5.41, 5.74) is 9.69. The third-order valence-corrected chi connectivity index (χ3v) is 3.11. The Morgan fingerprint density at radius 1 is 1.21 bits per heavy atom. The van der Waals surface area contributed by atoms with Gasteiger partial charge in [0, 0.05) is 18.0 Å². The minimum atomic E-state index is 0.409. The molecule has 0 amide bonds. The number of aryl methyl sites for hydroxylation is 2. The summed E-state index contributed by atoms with van der Waals surface area (Å²) in [6, 6.07) is 7.79. The molecule has 1 heterocycles. The number of aromatic nitrogens is 1. The van der Waals surface area contributed by atoms with E-state index in [0.29, 0.717) is 11.6 Å². The summed E-state index contributed by atoms with van der Waals surface area (Å²) in [7, 11) is 0. The fourth-order valence-corrected chi connectivity index (χ4v) is 2.07. The van der Waals surface area contributed by atoms with E-state index in [-0.39, 0.29) is 0 Å². The first-order chi connectivity index (χ1) is 9.08. The van der Waals surface area contributed by atoms with E-state index in [1.54, 1.807) is 12.4 Å². The number of rotatable bonds is 4. The first kappa shape index (κ1) is 13.5. The van der Waals surface area contributed by atoms with Gasteiger partial charge < -0.3 is 10.5 Å². The van der Waals surface area contributed by atoms with Crippen LogP contribution >= 0.6 is 12.2 Å². The lowest BCUT2D eigenvalue weighted by molar-refractivity contribution is 0.302. The average Bonchev–Trinajstić information content (AvgIpc) is 2.38. The third kappa shape index (κ3) is 3.29. The molecular weight excluding hydrogens is 256 g/mol. The van der Waals surface area contributed by atoms with Gasteiger partial charge in [0.1, 0.15) is 17.3 Å². The van der Waals surface area contributed by atoms with Crippen LogP contribution in [0.1, 0.15) is 22.3 Å². The van der Waals surface area contributed by atoms with E-state index in [0.717, 1.165) is 28.0 Å². The number of nitrogens with zero attached hydrogens (tertiary/aromatic N) is 1. The molecular formula is C15H16N2OS. The summed E-state index contributed by atoms with van der Waals surface area (Å²) in [6.45, 7) is 4.52. The molecule has 0 saturated carbocycles. The minimum absolute atomic E-state index is 0.409. The Labute approximate surface area is 118 Å². The van der Waals surface area contributed by atoms with Gasteiger partial charge in [0.25, 0.3) is 0 Å². The van der Waals surface area contributed by atoms with Crippen LogP contribution in [0.2, 0.25) is 0 Å². The SMILES string of the molecule is Cc1cc(C(N)=S)cc(C)c1OCc1ccncc1. The van der Waals surface area contributed by atoms with Crippen LogP contribution < -0.4 is 10.5 Å². The van der Waals surface area contributed by atoms with Crippen LogP contribution in [0.3, 0.4) is 0 Å². The highest BCUT2D eigenvalue weighted by Crippen LogP contribution is 2.25. The number of pyridine rings is 1. The molecule has 19 heavy (non-hydrogen) atoms. The molecule has 0 aliphatic rings. The average molecular weight is 272 g/mol. The zero-order chi connectivity index (χ0) is 13.8. The molecule has 2 N–H and O–H groups in total. The molecule has 0 fully saturated rings. The highest BCUT2D eigenvalue weighted by molar-refractivity contribution is 7.80. The Bertz CT molecular complexity index is 573. The Morgan fingerprint density at radius 2 is 1.79 bits per heavy atom. The van der Waals surface area contributed by atoms with Gasteiger partial charge in [-0.05, 0) is 54.8 Å². The number of hydrogen-bond donors (Lipinski definition) is 1. The topological polar surface area (TPSA) is 48.1 Å². The van der Waals surface area contributed by atoms with Gasteiger partial charge in [-0.1, -0.05) is 12.2 Å². The Balaban J connectivity index is 2.19. The van der Waals surface area contributed by atoms with Gasteiger partial charge in [-0.25, -0.2) is 0 Å². The van der Waals surface area contributed by atoms with Gasteiger partial charge in [-0.15, -0.1) is 0 Å². The molecule has 2 aromatic rings. The van der Waals surface area contributed by atoms with Crippen molar-refractivity contribution >= 4 is 17.2 Å². The zero-order valence-corrected chi connectivity index (χ0v) is 11.8. The van der Waals surface area contributed by atoms with Crippen LogP contribution in [-0.4, -0.2) is 9.97 Å². The second kappa shape index (κ2) is 5.80. The molecule has 0 atom stereocenters. The standard InChI is InChI=1S/C15H16N2OS/c1-10-7-13(15(16)19)8-11(2)14(10)18-9-12-3-5-17-6-4-12/h3-8H,9H2,1-2H3,(H2,16,19). The van der Waals surface area contributed by atoms with E-state index >= 15 is 0 Å². The molecule has 2 rings (SSSR count). The molecule has 0 saturated heterocycles. The van der Waals surface area contributed by atoms with E-state index in [2.05, 4.69) is 4.98 Å². The van der Waals surface area contributed by atoms with E-state index < -0.39 is 0 Å². The number of ether oxygens (including phenoxy) is 1. The minimum Gasteiger partial charge on any atom is -0.488 e. The van der Waals surface area contributed by atoms with Crippen LogP contribution in [-0.2, 0) is 6.61 Å². The maximum absolute atomic E-state index is 5.88. The van der Waals surface area contributed by atoms with Gasteiger partial charge in [-0.3, -0.25) is 4.98 Å². The molecule has 0 aliphatic heterocycles. The van der Waals surface area contributed by atoms with Crippen molar-refractivity contribution in [2.75, 3.05) is 0 Å². The van der Waals surface area contributed by atoms with Crippen molar-refractivity contribution in [1.29, 1.82) is 0 Å². The van der Waals surface area contributed by atoms with E-state index in [9.17, 15) is 0 Å². The molecule has 1 aromatic carbocycles. The summed E-state index contributed by atoms with van der Waals surface area (Å²) in [5, 5.41) is 0. The Hall–Kier alpha value is -1.94. The van der Waals surface area contributed by atoms with Gasteiger partial charge in [-0.2, -0.15) is 0 Å². The maximum Gasteiger partial charge on any atom is 0.125 e. The molecule has 0 unspecified atom stereocenters. The van der Waals surface area contributed by atoms with Crippen LogP contribution in [0, 0.1) is 13.8 Å². The van der Waals surface area contributed by atoms with Crippen LogP contribution in [0.25, 0.3) is 0 Å². The molecule has 3 nitrogen and oxygen atoms in total. The maximum atomic E-state index is 5.88. The van der Waals surface area contributed by atoms with E-state index in [1.165, 1.54) is 0 Å². The van der Waals surface area contributed by atoms with Crippen molar-refractivity contribution in [1.82, 2.24) is 4.98 Å². The molecule has 4 heteroatoms. The molecule has 0 spiro atoms. The summed E-state index contributed by atoms with van der Waals surface area (Å²) >= 11 is 5.00. The first-order valence-electron chi connectivity index (χ1n) is 6.00.